The molecule has 2 aliphatic carbocycles. The van der Waals surface area contributed by atoms with Crippen molar-refractivity contribution in [2.75, 3.05) is 9.80 Å². The number of benzene rings is 6. The largest absolute Gasteiger partial charge is 0.440 e. The molecule has 2 aliphatic heterocycles. The summed E-state index contributed by atoms with van der Waals surface area (Å²) in [6, 6.07) is 43.3. The lowest BCUT2D eigenvalue weighted by molar-refractivity contribution is 0.332. The molecule has 3 heterocycles. The van der Waals surface area contributed by atoms with Crippen molar-refractivity contribution in [1.82, 2.24) is 0 Å². The van der Waals surface area contributed by atoms with Crippen LogP contribution in [-0.4, -0.2) is 6.71 Å². The second-order valence-corrected chi connectivity index (χ2v) is 27.6. The molecule has 0 spiro atoms. The Morgan fingerprint density at radius 1 is 0.443 bits per heavy atom. The van der Waals surface area contributed by atoms with Gasteiger partial charge in [0.1, 0.15) is 5.58 Å². The van der Waals surface area contributed by atoms with Crippen molar-refractivity contribution in [2.45, 2.75) is 181 Å². The van der Waals surface area contributed by atoms with Crippen molar-refractivity contribution in [3.8, 4) is 11.1 Å². The molecular formula is C66H77BN2O. The zero-order chi connectivity index (χ0) is 50.0. The van der Waals surface area contributed by atoms with Crippen molar-refractivity contribution in [2.24, 2.45) is 0 Å². The van der Waals surface area contributed by atoms with Crippen LogP contribution in [0.3, 0.4) is 0 Å². The third kappa shape index (κ3) is 7.18. The molecule has 0 radical (unpaired) electrons. The van der Waals surface area contributed by atoms with Gasteiger partial charge in [0.15, 0.2) is 0 Å². The SMILES string of the molecule is CC(C)(C)c1ccc2c(c1)B1c3c(cc(C(C)(C)C)cc3N(c3ccc4c(c3)C(C)(C)CCC4(C)C)c3oc4cc5c(cc4c31)C(C)(C)CCC5(C)C)N2c1ccc(C(C)(C)C)cc1-c1ccccc1. The minimum atomic E-state index is -0.153. The standard InChI is InChI=1S/C66H77BN2O/c1-60(2,3)41-23-27-52(45(33-41)40-21-19-18-20-22-40)69-53-28-24-42(61(4,5)6)34-51(53)67-57-46-38-49-50(66(16,17)32-31-65(49,14)15)39-56(46)70-59(57)68(54-35-43(62(7,8)9)36-55(69)58(54)67)44-25-26-47-48(37-44)64(12,13)30-29-63(47,10)11/h18-28,33-39H,29-32H2,1-17H3. The molecule has 70 heavy (non-hydrogen) atoms. The van der Waals surface area contributed by atoms with E-state index >= 15 is 0 Å². The van der Waals surface area contributed by atoms with Gasteiger partial charge in [0, 0.05) is 39.2 Å². The number of hydrogen-bond acceptors (Lipinski definition) is 3. The highest BCUT2D eigenvalue weighted by atomic mass is 16.4. The summed E-state index contributed by atoms with van der Waals surface area (Å²) >= 11 is 0. The molecule has 0 unspecified atom stereocenters. The second kappa shape index (κ2) is 15.0. The first-order chi connectivity index (χ1) is 32.6. The lowest BCUT2D eigenvalue weighted by Crippen LogP contribution is -2.61. The summed E-state index contributed by atoms with van der Waals surface area (Å²) in [6.07, 6.45) is 4.64. The maximum Gasteiger partial charge on any atom is 0.257 e. The zero-order valence-corrected chi connectivity index (χ0v) is 45.6. The van der Waals surface area contributed by atoms with Crippen LogP contribution < -0.4 is 26.2 Å². The Hall–Kier alpha value is -5.48. The number of fused-ring (bicyclic) bond motifs is 8. The van der Waals surface area contributed by atoms with Crippen molar-refractivity contribution in [1.29, 1.82) is 0 Å². The van der Waals surface area contributed by atoms with E-state index in [1.165, 1.54) is 107 Å². The van der Waals surface area contributed by atoms with E-state index in [-0.39, 0.29) is 44.6 Å². The summed E-state index contributed by atoms with van der Waals surface area (Å²) in [6.45, 7) is 40.7. The first-order valence-electron chi connectivity index (χ1n) is 26.5. The number of hydrogen-bond donors (Lipinski definition) is 0. The van der Waals surface area contributed by atoms with E-state index in [1.807, 2.05) is 0 Å². The van der Waals surface area contributed by atoms with E-state index in [0.29, 0.717) is 0 Å². The van der Waals surface area contributed by atoms with Gasteiger partial charge in [-0.15, -0.1) is 0 Å². The van der Waals surface area contributed by atoms with Gasteiger partial charge in [-0.1, -0.05) is 172 Å². The van der Waals surface area contributed by atoms with Gasteiger partial charge in [0.25, 0.3) is 6.71 Å². The highest BCUT2D eigenvalue weighted by Crippen LogP contribution is 2.54. The Morgan fingerprint density at radius 2 is 0.957 bits per heavy atom. The molecule has 0 fully saturated rings. The van der Waals surface area contributed by atoms with E-state index in [9.17, 15) is 0 Å². The molecule has 7 aromatic rings. The Labute approximate surface area is 421 Å². The lowest BCUT2D eigenvalue weighted by atomic mass is 9.33. The second-order valence-electron chi connectivity index (χ2n) is 27.6. The van der Waals surface area contributed by atoms with Crippen LogP contribution in [-0.2, 0) is 37.9 Å². The molecule has 4 heteroatoms. The van der Waals surface area contributed by atoms with E-state index in [2.05, 4.69) is 237 Å². The molecule has 4 aliphatic rings. The third-order valence-electron chi connectivity index (χ3n) is 17.7. The molecule has 0 amide bonds. The summed E-state index contributed by atoms with van der Waals surface area (Å²) in [4.78, 5) is 5.21. The monoisotopic (exact) mass is 925 g/mol. The van der Waals surface area contributed by atoms with Gasteiger partial charge in [0.2, 0.25) is 5.88 Å². The van der Waals surface area contributed by atoms with Crippen LogP contribution in [0.15, 0.2) is 114 Å². The van der Waals surface area contributed by atoms with Crippen LogP contribution in [0.1, 0.15) is 182 Å². The smallest absolute Gasteiger partial charge is 0.257 e. The maximum absolute atomic E-state index is 7.66. The summed E-state index contributed by atoms with van der Waals surface area (Å²) in [5.74, 6) is 0.954. The highest BCUT2D eigenvalue weighted by molar-refractivity contribution is 7.01. The maximum atomic E-state index is 7.66. The van der Waals surface area contributed by atoms with Gasteiger partial charge in [-0.2, -0.15) is 0 Å². The molecule has 1 aromatic heterocycles. The minimum Gasteiger partial charge on any atom is -0.440 e. The van der Waals surface area contributed by atoms with Gasteiger partial charge in [-0.25, -0.2) is 0 Å². The van der Waals surface area contributed by atoms with Gasteiger partial charge in [0.05, 0.1) is 5.69 Å². The predicted octanol–water partition coefficient (Wildman–Crippen LogP) is 16.8. The van der Waals surface area contributed by atoms with Gasteiger partial charge >= 0.3 is 0 Å². The molecule has 0 saturated heterocycles. The van der Waals surface area contributed by atoms with Crippen molar-refractivity contribution < 1.29 is 4.42 Å². The molecule has 0 bridgehead atoms. The molecule has 0 atom stereocenters. The Bertz CT molecular complexity index is 3280. The van der Waals surface area contributed by atoms with E-state index in [4.69, 9.17) is 4.42 Å². The molecule has 0 N–H and O–H groups in total. The number of furan rings is 1. The Morgan fingerprint density at radius 3 is 1.54 bits per heavy atom. The minimum absolute atomic E-state index is 0.0270. The Balaban J connectivity index is 1.31. The quantitative estimate of drug-likeness (QED) is 0.165. The van der Waals surface area contributed by atoms with Crippen LogP contribution in [0.5, 0.6) is 0 Å². The summed E-state index contributed by atoms with van der Waals surface area (Å²) in [7, 11) is 0. The topological polar surface area (TPSA) is 19.6 Å². The van der Waals surface area contributed by atoms with E-state index in [1.54, 1.807) is 0 Å². The van der Waals surface area contributed by atoms with Crippen molar-refractivity contribution in [3.05, 3.63) is 148 Å². The number of anilines is 6. The van der Waals surface area contributed by atoms with Gasteiger partial charge in [-0.3, -0.25) is 4.90 Å². The molecular weight excluding hydrogens is 848 g/mol. The lowest BCUT2D eigenvalue weighted by Gasteiger charge is -2.45. The first-order valence-corrected chi connectivity index (χ1v) is 26.5. The highest BCUT2D eigenvalue weighted by Gasteiger charge is 2.49. The fourth-order valence-corrected chi connectivity index (χ4v) is 12.8. The van der Waals surface area contributed by atoms with Crippen LogP contribution >= 0.6 is 0 Å². The fraction of sp³-hybridized carbons (Fsp3) is 0.424. The normalized spacial score (nSPS) is 18.5. The van der Waals surface area contributed by atoms with Crippen LogP contribution in [0, 0.1) is 0 Å². The summed E-state index contributed by atoms with van der Waals surface area (Å²) < 4.78 is 7.66. The molecule has 11 rings (SSSR count). The molecule has 360 valence electrons. The van der Waals surface area contributed by atoms with Crippen LogP contribution in [0.4, 0.5) is 34.3 Å². The van der Waals surface area contributed by atoms with Gasteiger partial charge in [-0.05, 0) is 174 Å². The van der Waals surface area contributed by atoms with Crippen LogP contribution in [0.2, 0.25) is 0 Å². The molecule has 0 saturated carbocycles. The van der Waals surface area contributed by atoms with Crippen LogP contribution in [0.25, 0.3) is 22.1 Å². The molecule has 3 nitrogen and oxygen atoms in total. The number of nitrogens with zero attached hydrogens (tertiary/aromatic N) is 2. The first kappa shape index (κ1) is 46.9. The summed E-state index contributed by atoms with van der Waals surface area (Å²) in [5, 5.41) is 1.24. The van der Waals surface area contributed by atoms with Crippen molar-refractivity contribution >= 4 is 68.4 Å². The predicted molar refractivity (Wildman–Crippen MR) is 302 cm³/mol. The third-order valence-corrected chi connectivity index (χ3v) is 17.7. The zero-order valence-electron chi connectivity index (χ0n) is 45.6. The van der Waals surface area contributed by atoms with Gasteiger partial charge < -0.3 is 9.32 Å². The summed E-state index contributed by atoms with van der Waals surface area (Å²) in [5.41, 5.74) is 23.2. The average Bonchev–Trinajstić information content (AvgIpc) is 3.66. The van der Waals surface area contributed by atoms with Crippen molar-refractivity contribution in [3.63, 3.8) is 0 Å². The average molecular weight is 925 g/mol. The number of rotatable bonds is 3. The van der Waals surface area contributed by atoms with E-state index < -0.39 is 0 Å². The Kier molecular flexibility index (Phi) is 10.1. The molecule has 6 aromatic carbocycles. The van der Waals surface area contributed by atoms with E-state index in [0.717, 1.165) is 30.7 Å². The fourth-order valence-electron chi connectivity index (χ4n) is 12.8.